The normalized spacial score (nSPS) is 11.7. The zero-order valence-electron chi connectivity index (χ0n) is 31.9. The number of hydrogen-bond donors (Lipinski definition) is 0. The summed E-state index contributed by atoms with van der Waals surface area (Å²) >= 11 is 0. The molecule has 0 bridgehead atoms. The molecule has 0 amide bonds. The van der Waals surface area contributed by atoms with E-state index in [1.165, 1.54) is 0 Å². The first-order valence-corrected chi connectivity index (χ1v) is 18.8. The molecule has 0 fully saturated rings. The molecule has 0 spiro atoms. The van der Waals surface area contributed by atoms with Crippen LogP contribution in [0.25, 0.3) is 94.7 Å². The van der Waals surface area contributed by atoms with Crippen molar-refractivity contribution in [3.05, 3.63) is 109 Å². The molecule has 15 heteroatoms. The quantitative estimate of drug-likeness (QED) is 0.223. The van der Waals surface area contributed by atoms with Gasteiger partial charge in [0.05, 0.1) is 16.6 Å². The maximum absolute atomic E-state index is 6.59. The minimum atomic E-state index is -0.00409. The molecule has 0 atom stereocenters. The van der Waals surface area contributed by atoms with E-state index in [0.717, 1.165) is 49.4 Å². The topological polar surface area (TPSA) is 56.7 Å². The molecule has 10 aromatic rings. The van der Waals surface area contributed by atoms with Crippen molar-refractivity contribution >= 4 is 177 Å². The highest BCUT2D eigenvalue weighted by atomic mass is 16.3. The molecule has 0 N–H and O–H groups in total. The van der Waals surface area contributed by atoms with Crippen LogP contribution in [0, 0.1) is 0 Å². The predicted molar refractivity (Wildman–Crippen MR) is 257 cm³/mol. The van der Waals surface area contributed by atoms with E-state index in [0.29, 0.717) is 16.7 Å². The third-order valence-corrected chi connectivity index (χ3v) is 11.2. The second-order valence-electron chi connectivity index (χ2n) is 14.6. The Hall–Kier alpha value is -6.20. The SMILES string of the molecule is [B]c1c([B])c([B])c(-c2nc(-c3c([B])c([B])c([B])c([B])c3[B])nc(-c3cccc4c3oc3ccc(-c5ccc6c(c5)c5ccccc5n6-c5ccccc5)cc34)n2)c([B])c1[B]. The van der Waals surface area contributed by atoms with E-state index in [1.807, 2.05) is 36.4 Å². The van der Waals surface area contributed by atoms with E-state index in [2.05, 4.69) is 77.4 Å². The van der Waals surface area contributed by atoms with Gasteiger partial charge in [-0.15, -0.1) is 32.8 Å². The van der Waals surface area contributed by atoms with E-state index in [9.17, 15) is 0 Å². The van der Waals surface area contributed by atoms with E-state index >= 15 is 0 Å². The number of para-hydroxylation sites is 3. The third kappa shape index (κ3) is 5.73. The lowest BCUT2D eigenvalue weighted by atomic mass is 9.60. The number of furan rings is 1. The molecule has 20 radical (unpaired) electrons. The van der Waals surface area contributed by atoms with Crippen molar-refractivity contribution in [1.29, 1.82) is 0 Å². The van der Waals surface area contributed by atoms with Crippen molar-refractivity contribution in [2.24, 2.45) is 0 Å². The Balaban J connectivity index is 1.17. The number of rotatable bonds is 5. The number of nitrogens with zero attached hydrogens (tertiary/aromatic N) is 4. The Bertz CT molecular complexity index is 3310. The standard InChI is InChI=1S/C45H18B10N4O/c46-32-30(33(47)37(51)40(54)36(32)50)44-56-43(57-45(58-44)31-34(48)38(52)41(55)39(53)35(31)49)24-11-6-10-23-26-18-20(14-16-29(26)60-42(23)24)19-13-15-28-25(17-19)22-9-4-5-12-27(22)59(28)21-7-2-1-3-8-21/h1-18H. The molecule has 0 unspecified atom stereocenters. The second kappa shape index (κ2) is 14.2. The van der Waals surface area contributed by atoms with Crippen molar-refractivity contribution < 1.29 is 4.42 Å². The fourth-order valence-corrected chi connectivity index (χ4v) is 8.06. The number of fused-ring (bicyclic) bond motifs is 6. The van der Waals surface area contributed by atoms with Crippen LogP contribution in [0.1, 0.15) is 0 Å². The van der Waals surface area contributed by atoms with Gasteiger partial charge < -0.3 is 8.98 Å². The van der Waals surface area contributed by atoms with Gasteiger partial charge in [-0.25, -0.2) is 15.0 Å². The van der Waals surface area contributed by atoms with Crippen LogP contribution >= 0.6 is 0 Å². The molecule has 3 aromatic heterocycles. The highest BCUT2D eigenvalue weighted by Gasteiger charge is 2.23. The highest BCUT2D eigenvalue weighted by molar-refractivity contribution is 6.70. The molecular formula is C45H18B10N4O. The smallest absolute Gasteiger partial charge is 0.167 e. The molecule has 10 rings (SSSR count). The van der Waals surface area contributed by atoms with Gasteiger partial charge in [-0.3, -0.25) is 0 Å². The molecule has 7 aromatic carbocycles. The van der Waals surface area contributed by atoms with Crippen LogP contribution in [0.5, 0.6) is 0 Å². The molecule has 0 aliphatic heterocycles. The number of benzene rings is 7. The lowest BCUT2D eigenvalue weighted by Crippen LogP contribution is -2.55. The van der Waals surface area contributed by atoms with Crippen LogP contribution in [0.2, 0.25) is 0 Å². The van der Waals surface area contributed by atoms with Crippen LogP contribution in [0.15, 0.2) is 114 Å². The number of aromatic nitrogens is 4. The Morgan fingerprint density at radius 2 is 0.867 bits per heavy atom. The predicted octanol–water partition coefficient (Wildman–Crippen LogP) is -0.526. The first-order valence-electron chi connectivity index (χ1n) is 18.8. The largest absolute Gasteiger partial charge is 0.455 e. The van der Waals surface area contributed by atoms with Crippen LogP contribution in [-0.4, -0.2) is 98.0 Å². The summed E-state index contributed by atoms with van der Waals surface area (Å²) in [7, 11) is 63.4. The van der Waals surface area contributed by atoms with Crippen molar-refractivity contribution in [3.63, 3.8) is 0 Å². The van der Waals surface area contributed by atoms with Gasteiger partial charge in [0, 0.05) is 38.4 Å². The minimum Gasteiger partial charge on any atom is -0.455 e. The van der Waals surface area contributed by atoms with Crippen molar-refractivity contribution in [2.45, 2.75) is 0 Å². The molecule has 0 aliphatic rings. The summed E-state index contributed by atoms with van der Waals surface area (Å²) in [5.41, 5.74) is 7.46. The molecule has 254 valence electrons. The monoisotopic (exact) mass is 740 g/mol. The first-order chi connectivity index (χ1) is 28.9. The van der Waals surface area contributed by atoms with E-state index in [-0.39, 0.29) is 83.2 Å². The zero-order valence-corrected chi connectivity index (χ0v) is 31.9. The van der Waals surface area contributed by atoms with E-state index in [4.69, 9.17) is 97.8 Å². The highest BCUT2D eigenvalue weighted by Crippen LogP contribution is 2.39. The molecular weight excluding hydrogens is 721 g/mol. The van der Waals surface area contributed by atoms with Gasteiger partial charge in [0.2, 0.25) is 0 Å². The fourth-order valence-electron chi connectivity index (χ4n) is 8.06. The molecule has 0 saturated heterocycles. The van der Waals surface area contributed by atoms with Gasteiger partial charge in [0.25, 0.3) is 0 Å². The number of hydrogen-bond acceptors (Lipinski definition) is 4. The molecule has 0 saturated carbocycles. The summed E-state index contributed by atoms with van der Waals surface area (Å²) in [6.07, 6.45) is 0. The first kappa shape index (κ1) is 38.0. The maximum Gasteiger partial charge on any atom is 0.167 e. The van der Waals surface area contributed by atoms with Crippen LogP contribution in [-0.2, 0) is 0 Å². The van der Waals surface area contributed by atoms with E-state index in [1.54, 1.807) is 0 Å². The molecule has 3 heterocycles. The molecule has 5 nitrogen and oxygen atoms in total. The minimum absolute atomic E-state index is 0.00409. The van der Waals surface area contributed by atoms with Crippen LogP contribution in [0.3, 0.4) is 0 Å². The second-order valence-corrected chi connectivity index (χ2v) is 14.6. The Morgan fingerprint density at radius 1 is 0.383 bits per heavy atom. The summed E-state index contributed by atoms with van der Waals surface area (Å²) in [6, 6.07) is 37.2. The van der Waals surface area contributed by atoms with Crippen LogP contribution < -0.4 is 54.6 Å². The maximum atomic E-state index is 6.59. The third-order valence-electron chi connectivity index (χ3n) is 11.2. The van der Waals surface area contributed by atoms with Gasteiger partial charge in [-0.2, -0.15) is 0 Å². The Kier molecular flexibility index (Phi) is 9.02. The lowest BCUT2D eigenvalue weighted by Gasteiger charge is -2.22. The molecule has 60 heavy (non-hydrogen) atoms. The van der Waals surface area contributed by atoms with Crippen molar-refractivity contribution in [1.82, 2.24) is 19.5 Å². The van der Waals surface area contributed by atoms with Gasteiger partial charge in [-0.05, 0) is 59.7 Å². The van der Waals surface area contributed by atoms with Crippen LogP contribution in [0.4, 0.5) is 0 Å². The van der Waals surface area contributed by atoms with Crippen molar-refractivity contribution in [3.8, 4) is 51.0 Å². The fraction of sp³-hybridized carbons (Fsp3) is 0. The van der Waals surface area contributed by atoms with E-state index < -0.39 is 0 Å². The Morgan fingerprint density at radius 3 is 1.48 bits per heavy atom. The summed E-state index contributed by atoms with van der Waals surface area (Å²) in [5, 5.41) is 4.00. The van der Waals surface area contributed by atoms with Gasteiger partial charge in [-0.1, -0.05) is 82.5 Å². The summed E-state index contributed by atoms with van der Waals surface area (Å²) in [4.78, 5) is 14.4. The van der Waals surface area contributed by atoms with Gasteiger partial charge in [0.1, 0.15) is 89.6 Å². The molecule has 0 aliphatic carbocycles. The van der Waals surface area contributed by atoms with Gasteiger partial charge in [0.15, 0.2) is 17.5 Å². The summed E-state index contributed by atoms with van der Waals surface area (Å²) in [6.45, 7) is 0. The summed E-state index contributed by atoms with van der Waals surface area (Å²) in [5.74, 6) is 0.145. The average Bonchev–Trinajstić information content (AvgIpc) is 3.82. The lowest BCUT2D eigenvalue weighted by molar-refractivity contribution is 0.669. The Labute approximate surface area is 359 Å². The summed E-state index contributed by atoms with van der Waals surface area (Å²) < 4.78 is 8.88. The van der Waals surface area contributed by atoms with Crippen molar-refractivity contribution in [2.75, 3.05) is 0 Å². The van der Waals surface area contributed by atoms with Gasteiger partial charge >= 0.3 is 0 Å². The average molecular weight is 739 g/mol. The zero-order chi connectivity index (χ0) is 41.7.